The van der Waals surface area contributed by atoms with Crippen LogP contribution in [0.25, 0.3) is 0 Å². The third kappa shape index (κ3) is 8.50. The highest BCUT2D eigenvalue weighted by Gasteiger charge is 2.15. The first kappa shape index (κ1) is 19.0. The van der Waals surface area contributed by atoms with Crippen molar-refractivity contribution >= 4 is 5.97 Å². The fraction of sp³-hybridized carbons (Fsp3) is 0.737. The van der Waals surface area contributed by atoms with Crippen LogP contribution in [0.5, 0.6) is 0 Å². The standard InChI is InChI=1S/C19H30O5/c20-19-16-18(8-15-24-19)5-2-10-22-12-3-11-21-9-1-4-17-6-13-23-14-7-17/h6,8,13,15,17-18H,1-5,7,9-12,14,16H2. The fourth-order valence-corrected chi connectivity index (χ4v) is 2.91. The highest BCUT2D eigenvalue weighted by atomic mass is 16.5. The summed E-state index contributed by atoms with van der Waals surface area (Å²) in [6.45, 7) is 3.93. The van der Waals surface area contributed by atoms with Crippen LogP contribution in [-0.4, -0.2) is 39.0 Å². The van der Waals surface area contributed by atoms with Gasteiger partial charge in [0.1, 0.15) is 0 Å². The minimum absolute atomic E-state index is 0.131. The van der Waals surface area contributed by atoms with Crippen molar-refractivity contribution in [3.63, 3.8) is 0 Å². The quantitative estimate of drug-likeness (QED) is 0.402. The predicted molar refractivity (Wildman–Crippen MR) is 91.3 cm³/mol. The summed E-state index contributed by atoms with van der Waals surface area (Å²) < 4.78 is 21.2. The zero-order valence-electron chi connectivity index (χ0n) is 14.5. The molecule has 5 heteroatoms. The van der Waals surface area contributed by atoms with E-state index in [2.05, 4.69) is 6.08 Å². The van der Waals surface area contributed by atoms with Crippen molar-refractivity contribution in [2.75, 3.05) is 33.0 Å². The van der Waals surface area contributed by atoms with Crippen molar-refractivity contribution in [3.05, 3.63) is 24.7 Å². The average molecular weight is 338 g/mol. The molecule has 2 atom stereocenters. The Hall–Kier alpha value is -1.33. The number of hydrogen-bond acceptors (Lipinski definition) is 5. The van der Waals surface area contributed by atoms with E-state index >= 15 is 0 Å². The molecule has 0 saturated carbocycles. The number of hydrogen-bond donors (Lipinski definition) is 0. The molecule has 0 aromatic carbocycles. The maximum Gasteiger partial charge on any atom is 0.311 e. The monoisotopic (exact) mass is 338 g/mol. The smallest absolute Gasteiger partial charge is 0.311 e. The summed E-state index contributed by atoms with van der Waals surface area (Å²) >= 11 is 0. The Kier molecular flexibility index (Phi) is 9.57. The molecule has 0 aromatic rings. The van der Waals surface area contributed by atoms with E-state index < -0.39 is 0 Å². The van der Waals surface area contributed by atoms with Crippen molar-refractivity contribution in [3.8, 4) is 0 Å². The zero-order chi connectivity index (χ0) is 16.9. The molecular formula is C19H30O5. The van der Waals surface area contributed by atoms with Crippen molar-refractivity contribution in [1.29, 1.82) is 0 Å². The van der Waals surface area contributed by atoms with Gasteiger partial charge in [0.05, 0.1) is 25.6 Å². The van der Waals surface area contributed by atoms with Gasteiger partial charge in [-0.2, -0.15) is 0 Å². The van der Waals surface area contributed by atoms with Gasteiger partial charge in [-0.15, -0.1) is 0 Å². The molecule has 2 unspecified atom stereocenters. The lowest BCUT2D eigenvalue weighted by atomic mass is 9.99. The fourth-order valence-electron chi connectivity index (χ4n) is 2.91. The second kappa shape index (κ2) is 12.1. The number of ether oxygens (including phenoxy) is 4. The van der Waals surface area contributed by atoms with Crippen LogP contribution in [0, 0.1) is 11.8 Å². The van der Waals surface area contributed by atoms with Crippen LogP contribution in [0.15, 0.2) is 24.7 Å². The summed E-state index contributed by atoms with van der Waals surface area (Å²) in [5.41, 5.74) is 0. The molecule has 2 heterocycles. The van der Waals surface area contributed by atoms with Gasteiger partial charge in [-0.05, 0) is 62.5 Å². The van der Waals surface area contributed by atoms with Crippen LogP contribution in [-0.2, 0) is 23.7 Å². The first-order valence-electron chi connectivity index (χ1n) is 9.14. The van der Waals surface area contributed by atoms with Crippen LogP contribution in [0.3, 0.4) is 0 Å². The molecule has 0 amide bonds. The number of allylic oxidation sites excluding steroid dienone is 2. The maximum atomic E-state index is 11.1. The second-order valence-electron chi connectivity index (χ2n) is 6.39. The normalized spacial score (nSPS) is 23.1. The number of esters is 1. The molecule has 0 bridgehead atoms. The van der Waals surface area contributed by atoms with E-state index in [0.717, 1.165) is 65.1 Å². The Bertz CT molecular complexity index is 405. The molecule has 24 heavy (non-hydrogen) atoms. The molecule has 2 rings (SSSR count). The lowest BCUT2D eigenvalue weighted by Gasteiger charge is -2.16. The second-order valence-corrected chi connectivity index (χ2v) is 6.39. The van der Waals surface area contributed by atoms with Crippen LogP contribution in [0.1, 0.15) is 44.9 Å². The molecule has 2 aliphatic rings. The molecule has 0 saturated heterocycles. The molecule has 2 aliphatic heterocycles. The molecule has 0 aromatic heterocycles. The minimum atomic E-state index is -0.131. The van der Waals surface area contributed by atoms with Gasteiger partial charge in [0.2, 0.25) is 0 Å². The van der Waals surface area contributed by atoms with E-state index in [1.807, 2.05) is 12.3 Å². The SMILES string of the molecule is O=C1CC(CCCOCCCOCCCC2C=COCC2)C=CO1. The van der Waals surface area contributed by atoms with Crippen LogP contribution in [0.4, 0.5) is 0 Å². The Balaban J connectivity index is 1.31. The van der Waals surface area contributed by atoms with Crippen molar-refractivity contribution in [1.82, 2.24) is 0 Å². The van der Waals surface area contributed by atoms with E-state index in [1.54, 1.807) is 0 Å². The summed E-state index contributed by atoms with van der Waals surface area (Å²) in [6, 6.07) is 0. The highest BCUT2D eigenvalue weighted by molar-refractivity contribution is 5.71. The number of rotatable bonds is 12. The van der Waals surface area contributed by atoms with E-state index in [1.165, 1.54) is 12.7 Å². The zero-order valence-corrected chi connectivity index (χ0v) is 14.5. The van der Waals surface area contributed by atoms with E-state index in [4.69, 9.17) is 18.9 Å². The van der Waals surface area contributed by atoms with Crippen LogP contribution >= 0.6 is 0 Å². The minimum Gasteiger partial charge on any atom is -0.501 e. The Morgan fingerprint density at radius 1 is 0.917 bits per heavy atom. The lowest BCUT2D eigenvalue weighted by molar-refractivity contribution is -0.139. The topological polar surface area (TPSA) is 54.0 Å². The molecule has 0 radical (unpaired) electrons. The molecule has 0 N–H and O–H groups in total. The summed E-state index contributed by atoms with van der Waals surface area (Å²) in [5.74, 6) is 0.837. The van der Waals surface area contributed by atoms with Crippen molar-refractivity contribution in [2.24, 2.45) is 11.8 Å². The van der Waals surface area contributed by atoms with Crippen LogP contribution in [0.2, 0.25) is 0 Å². The van der Waals surface area contributed by atoms with Gasteiger partial charge < -0.3 is 18.9 Å². The lowest BCUT2D eigenvalue weighted by Crippen LogP contribution is -2.13. The van der Waals surface area contributed by atoms with Gasteiger partial charge in [-0.25, -0.2) is 0 Å². The summed E-state index contributed by atoms with van der Waals surface area (Å²) in [7, 11) is 0. The third-order valence-corrected chi connectivity index (χ3v) is 4.34. The van der Waals surface area contributed by atoms with Crippen molar-refractivity contribution in [2.45, 2.75) is 44.9 Å². The number of carbonyl (C=O) groups is 1. The largest absolute Gasteiger partial charge is 0.501 e. The summed E-state index contributed by atoms with van der Waals surface area (Å²) in [6.07, 6.45) is 14.2. The number of carbonyl (C=O) groups excluding carboxylic acids is 1. The Morgan fingerprint density at radius 3 is 2.25 bits per heavy atom. The summed E-state index contributed by atoms with van der Waals surface area (Å²) in [4.78, 5) is 11.1. The average Bonchev–Trinajstić information content (AvgIpc) is 2.60. The van der Waals surface area contributed by atoms with Crippen LogP contribution < -0.4 is 0 Å². The molecule has 136 valence electrons. The van der Waals surface area contributed by atoms with Gasteiger partial charge in [-0.1, -0.05) is 0 Å². The van der Waals surface area contributed by atoms with Gasteiger partial charge in [0.25, 0.3) is 0 Å². The Labute approximate surface area is 145 Å². The van der Waals surface area contributed by atoms with E-state index in [-0.39, 0.29) is 5.97 Å². The van der Waals surface area contributed by atoms with Gasteiger partial charge in [0.15, 0.2) is 0 Å². The molecule has 0 spiro atoms. The molecule has 5 nitrogen and oxygen atoms in total. The Morgan fingerprint density at radius 2 is 1.58 bits per heavy atom. The highest BCUT2D eigenvalue weighted by Crippen LogP contribution is 2.18. The molecular weight excluding hydrogens is 308 g/mol. The van der Waals surface area contributed by atoms with Crippen molar-refractivity contribution < 1.29 is 23.7 Å². The molecule has 0 aliphatic carbocycles. The maximum absolute atomic E-state index is 11.1. The first-order chi connectivity index (χ1) is 11.8. The predicted octanol–water partition coefficient (Wildman–Crippen LogP) is 3.60. The van der Waals surface area contributed by atoms with E-state index in [0.29, 0.717) is 18.3 Å². The summed E-state index contributed by atoms with van der Waals surface area (Å²) in [5, 5.41) is 0. The van der Waals surface area contributed by atoms with E-state index in [9.17, 15) is 4.79 Å². The van der Waals surface area contributed by atoms with Gasteiger partial charge >= 0.3 is 5.97 Å². The molecule has 0 fully saturated rings. The third-order valence-electron chi connectivity index (χ3n) is 4.34. The van der Waals surface area contributed by atoms with Gasteiger partial charge in [0, 0.05) is 26.4 Å². The number of cyclic esters (lactones) is 1. The first-order valence-corrected chi connectivity index (χ1v) is 9.14. The van der Waals surface area contributed by atoms with Gasteiger partial charge in [-0.3, -0.25) is 4.79 Å².